The monoisotopic (exact) mass is 384 g/mol. The molecule has 0 radical (unpaired) electrons. The zero-order valence-corrected chi connectivity index (χ0v) is 15.7. The highest BCUT2D eigenvalue weighted by Crippen LogP contribution is 2.30. The molecule has 0 unspecified atom stereocenters. The Morgan fingerprint density at radius 2 is 1.90 bits per heavy atom. The van der Waals surface area contributed by atoms with Crippen LogP contribution in [0.5, 0.6) is 0 Å². The summed E-state index contributed by atoms with van der Waals surface area (Å²) in [5.41, 5.74) is 3.67. The van der Waals surface area contributed by atoms with Gasteiger partial charge in [0, 0.05) is 24.2 Å². The molecule has 7 nitrogen and oxygen atoms in total. The molecule has 2 N–H and O–H groups in total. The molecule has 3 aromatic heterocycles. The Kier molecular flexibility index (Phi) is 4.40. The predicted molar refractivity (Wildman–Crippen MR) is 111 cm³/mol. The van der Waals surface area contributed by atoms with E-state index >= 15 is 0 Å². The van der Waals surface area contributed by atoms with Gasteiger partial charge in [0.2, 0.25) is 11.9 Å². The number of aromatic nitrogens is 4. The fraction of sp³-hybridized carbons (Fsp3) is 0.182. The maximum atomic E-state index is 12.0. The van der Waals surface area contributed by atoms with E-state index in [0.29, 0.717) is 11.6 Å². The molecule has 0 spiro atoms. The SMILES string of the molecule is O=C(Nc1nc2cccc(-c3ccc(NCc4ccccc4)nc3)n2n1)C1CC1. The number of carbonyl (C=O) groups excluding carboxylic acids is 1. The third kappa shape index (κ3) is 3.80. The van der Waals surface area contributed by atoms with Crippen molar-refractivity contribution in [1.82, 2.24) is 19.6 Å². The second-order valence-corrected chi connectivity index (χ2v) is 7.15. The molecular formula is C22H20N6O. The molecule has 1 aliphatic rings. The first-order valence-corrected chi connectivity index (χ1v) is 9.67. The van der Waals surface area contributed by atoms with E-state index in [9.17, 15) is 4.79 Å². The van der Waals surface area contributed by atoms with E-state index in [1.165, 1.54) is 5.56 Å². The highest BCUT2D eigenvalue weighted by molar-refractivity contribution is 5.92. The molecule has 144 valence electrons. The zero-order valence-electron chi connectivity index (χ0n) is 15.7. The molecule has 0 saturated heterocycles. The average molecular weight is 384 g/mol. The van der Waals surface area contributed by atoms with Gasteiger partial charge in [-0.05, 0) is 42.7 Å². The first-order valence-electron chi connectivity index (χ1n) is 9.67. The van der Waals surface area contributed by atoms with Crippen molar-refractivity contribution >= 4 is 23.3 Å². The maximum Gasteiger partial charge on any atom is 0.249 e. The van der Waals surface area contributed by atoms with Crippen molar-refractivity contribution in [2.45, 2.75) is 19.4 Å². The van der Waals surface area contributed by atoms with Gasteiger partial charge in [0.05, 0.1) is 5.69 Å². The molecule has 1 fully saturated rings. The molecular weight excluding hydrogens is 364 g/mol. The molecule has 1 aliphatic carbocycles. The number of benzene rings is 1. The molecule has 29 heavy (non-hydrogen) atoms. The molecule has 3 heterocycles. The van der Waals surface area contributed by atoms with Crippen LogP contribution < -0.4 is 10.6 Å². The quantitative estimate of drug-likeness (QED) is 0.529. The van der Waals surface area contributed by atoms with Gasteiger partial charge in [-0.15, -0.1) is 5.10 Å². The van der Waals surface area contributed by atoms with Crippen molar-refractivity contribution in [3.05, 3.63) is 72.4 Å². The fourth-order valence-corrected chi connectivity index (χ4v) is 3.17. The molecule has 0 atom stereocenters. The van der Waals surface area contributed by atoms with Crippen molar-refractivity contribution in [2.75, 3.05) is 10.6 Å². The van der Waals surface area contributed by atoms with Crippen LogP contribution in [0, 0.1) is 5.92 Å². The first kappa shape index (κ1) is 17.4. The van der Waals surface area contributed by atoms with Gasteiger partial charge in [-0.25, -0.2) is 9.50 Å². The summed E-state index contributed by atoms with van der Waals surface area (Å²) in [6, 6.07) is 19.9. The normalized spacial score (nSPS) is 13.4. The topological polar surface area (TPSA) is 84.2 Å². The summed E-state index contributed by atoms with van der Waals surface area (Å²) < 4.78 is 1.73. The van der Waals surface area contributed by atoms with Crippen molar-refractivity contribution in [3.8, 4) is 11.3 Å². The summed E-state index contributed by atoms with van der Waals surface area (Å²) in [4.78, 5) is 20.9. The Bertz CT molecular complexity index is 1150. The minimum atomic E-state index is -0.00188. The predicted octanol–water partition coefficient (Wildman–Crippen LogP) is 3.75. The van der Waals surface area contributed by atoms with Gasteiger partial charge in [-0.1, -0.05) is 36.4 Å². The zero-order chi connectivity index (χ0) is 19.6. The van der Waals surface area contributed by atoms with Crippen LogP contribution in [0.25, 0.3) is 16.9 Å². The van der Waals surface area contributed by atoms with E-state index in [1.807, 2.05) is 54.7 Å². The van der Waals surface area contributed by atoms with E-state index in [2.05, 4.69) is 37.8 Å². The summed E-state index contributed by atoms with van der Waals surface area (Å²) >= 11 is 0. The molecule has 4 aromatic rings. The van der Waals surface area contributed by atoms with E-state index in [-0.39, 0.29) is 11.8 Å². The van der Waals surface area contributed by atoms with Gasteiger partial charge in [-0.3, -0.25) is 10.1 Å². The van der Waals surface area contributed by atoms with Crippen LogP contribution in [-0.4, -0.2) is 25.5 Å². The number of pyridine rings is 2. The molecule has 7 heteroatoms. The van der Waals surface area contributed by atoms with Gasteiger partial charge in [-0.2, -0.15) is 4.98 Å². The number of hydrogen-bond donors (Lipinski definition) is 2. The number of rotatable bonds is 6. The molecule has 1 amide bonds. The van der Waals surface area contributed by atoms with Crippen LogP contribution in [0.15, 0.2) is 66.9 Å². The lowest BCUT2D eigenvalue weighted by atomic mass is 10.2. The lowest BCUT2D eigenvalue weighted by molar-refractivity contribution is -0.117. The largest absolute Gasteiger partial charge is 0.366 e. The van der Waals surface area contributed by atoms with Crippen molar-refractivity contribution in [1.29, 1.82) is 0 Å². The van der Waals surface area contributed by atoms with Gasteiger partial charge in [0.25, 0.3) is 0 Å². The average Bonchev–Trinajstić information content (AvgIpc) is 3.53. The molecule has 1 saturated carbocycles. The van der Waals surface area contributed by atoms with Crippen LogP contribution in [0.2, 0.25) is 0 Å². The van der Waals surface area contributed by atoms with E-state index in [1.54, 1.807) is 4.52 Å². The number of hydrogen-bond acceptors (Lipinski definition) is 5. The standard InChI is InChI=1S/C22H20N6O/c29-21(16-9-10-16)26-22-25-20-8-4-7-18(28(20)27-22)17-11-12-19(24-14-17)23-13-15-5-2-1-3-6-15/h1-8,11-12,14,16H,9-10,13H2,(H,23,24)(H,26,27,29). The van der Waals surface area contributed by atoms with Gasteiger partial charge >= 0.3 is 0 Å². The minimum Gasteiger partial charge on any atom is -0.366 e. The third-order valence-electron chi connectivity index (χ3n) is 4.92. The smallest absolute Gasteiger partial charge is 0.249 e. The van der Waals surface area contributed by atoms with Crippen LogP contribution in [0.3, 0.4) is 0 Å². The maximum absolute atomic E-state index is 12.0. The van der Waals surface area contributed by atoms with E-state index in [0.717, 1.165) is 36.5 Å². The number of amides is 1. The van der Waals surface area contributed by atoms with Crippen LogP contribution in [0.4, 0.5) is 11.8 Å². The van der Waals surface area contributed by atoms with Crippen molar-refractivity contribution in [3.63, 3.8) is 0 Å². The Labute approximate surface area is 167 Å². The number of carbonyl (C=O) groups is 1. The number of anilines is 2. The second kappa shape index (κ2) is 7.35. The van der Waals surface area contributed by atoms with Gasteiger partial charge in [0.15, 0.2) is 5.65 Å². The van der Waals surface area contributed by atoms with Crippen molar-refractivity contribution < 1.29 is 4.79 Å². The lowest BCUT2D eigenvalue weighted by Gasteiger charge is -2.08. The second-order valence-electron chi connectivity index (χ2n) is 7.15. The van der Waals surface area contributed by atoms with Crippen molar-refractivity contribution in [2.24, 2.45) is 5.92 Å². The summed E-state index contributed by atoms with van der Waals surface area (Å²) in [6.07, 6.45) is 3.70. The lowest BCUT2D eigenvalue weighted by Crippen LogP contribution is -2.14. The highest BCUT2D eigenvalue weighted by Gasteiger charge is 2.30. The highest BCUT2D eigenvalue weighted by atomic mass is 16.2. The Hall–Kier alpha value is -3.74. The Morgan fingerprint density at radius 1 is 1.03 bits per heavy atom. The summed E-state index contributed by atoms with van der Waals surface area (Å²) in [5.74, 6) is 1.25. The number of nitrogens with one attached hydrogen (secondary N) is 2. The Morgan fingerprint density at radius 3 is 2.66 bits per heavy atom. The van der Waals surface area contributed by atoms with Crippen LogP contribution >= 0.6 is 0 Å². The summed E-state index contributed by atoms with van der Waals surface area (Å²) in [6.45, 7) is 0.718. The Balaban J connectivity index is 1.35. The summed E-state index contributed by atoms with van der Waals surface area (Å²) in [7, 11) is 0. The number of nitrogens with zero attached hydrogens (tertiary/aromatic N) is 4. The minimum absolute atomic E-state index is 0.00188. The van der Waals surface area contributed by atoms with E-state index in [4.69, 9.17) is 0 Å². The first-order chi connectivity index (χ1) is 14.3. The fourth-order valence-electron chi connectivity index (χ4n) is 3.17. The van der Waals surface area contributed by atoms with Gasteiger partial charge in [0.1, 0.15) is 5.82 Å². The molecule has 0 bridgehead atoms. The molecule has 5 rings (SSSR count). The number of fused-ring (bicyclic) bond motifs is 1. The summed E-state index contributed by atoms with van der Waals surface area (Å²) in [5, 5.41) is 10.6. The van der Waals surface area contributed by atoms with E-state index < -0.39 is 0 Å². The molecule has 0 aliphatic heterocycles. The van der Waals surface area contributed by atoms with Gasteiger partial charge < -0.3 is 5.32 Å². The van der Waals surface area contributed by atoms with Crippen LogP contribution in [0.1, 0.15) is 18.4 Å². The molecule has 1 aromatic carbocycles. The van der Waals surface area contributed by atoms with Crippen LogP contribution in [-0.2, 0) is 11.3 Å². The third-order valence-corrected chi connectivity index (χ3v) is 4.92.